The van der Waals surface area contributed by atoms with E-state index in [4.69, 9.17) is 4.74 Å². The van der Waals surface area contributed by atoms with Gasteiger partial charge in [0.05, 0.1) is 17.9 Å². The number of benzene rings is 1. The van der Waals surface area contributed by atoms with Gasteiger partial charge in [-0.25, -0.2) is 4.79 Å². The van der Waals surface area contributed by atoms with Crippen molar-refractivity contribution in [3.63, 3.8) is 0 Å². The number of hydrogen-bond donors (Lipinski definition) is 2. The van der Waals surface area contributed by atoms with Crippen LogP contribution in [-0.2, 0) is 4.74 Å². The summed E-state index contributed by atoms with van der Waals surface area (Å²) in [7, 11) is 0. The zero-order valence-corrected chi connectivity index (χ0v) is 11.7. The number of anilines is 1. The Morgan fingerprint density at radius 1 is 1.30 bits per heavy atom. The lowest BCUT2D eigenvalue weighted by molar-refractivity contribution is -0.0530. The first-order chi connectivity index (χ1) is 9.63. The molecule has 1 aliphatic heterocycles. The smallest absolute Gasteiger partial charge is 0.322 e. The fourth-order valence-electron chi connectivity index (χ4n) is 2.73. The molecule has 2 unspecified atom stereocenters. The molecule has 1 fully saturated rings. The van der Waals surface area contributed by atoms with Crippen LogP contribution >= 0.6 is 0 Å². The minimum absolute atomic E-state index is 0.0688. The summed E-state index contributed by atoms with van der Waals surface area (Å²) in [5, 5.41) is 4.02. The summed E-state index contributed by atoms with van der Waals surface area (Å²) in [5.41, 5.74) is 1.85. The van der Waals surface area contributed by atoms with Crippen molar-refractivity contribution >= 4 is 22.6 Å². The molecule has 0 radical (unpaired) electrons. The number of urea groups is 1. The molecule has 2 amide bonds. The van der Waals surface area contributed by atoms with E-state index in [1.807, 2.05) is 49.2 Å². The van der Waals surface area contributed by atoms with Crippen LogP contribution in [0.4, 0.5) is 10.5 Å². The predicted molar refractivity (Wildman–Crippen MR) is 78.9 cm³/mol. The standard InChI is InChI=1S/C15H19N3O2/c1-10-8-18(9-11(2)20-10)15(19)17-14-5-3-4-13-12(14)6-7-16-13/h3-7,10-11,16H,8-9H2,1-2H3,(H,17,19). The molecule has 3 rings (SSSR count). The quantitative estimate of drug-likeness (QED) is 0.839. The Kier molecular flexibility index (Phi) is 3.36. The molecule has 1 aliphatic rings. The molecule has 2 N–H and O–H groups in total. The first-order valence-corrected chi connectivity index (χ1v) is 6.91. The maximum absolute atomic E-state index is 12.4. The highest BCUT2D eigenvalue weighted by Gasteiger charge is 2.26. The van der Waals surface area contributed by atoms with Gasteiger partial charge < -0.3 is 19.9 Å². The van der Waals surface area contributed by atoms with Gasteiger partial charge in [0.15, 0.2) is 0 Å². The minimum Gasteiger partial charge on any atom is -0.372 e. The van der Waals surface area contributed by atoms with E-state index in [1.54, 1.807) is 0 Å². The highest BCUT2D eigenvalue weighted by atomic mass is 16.5. The summed E-state index contributed by atoms with van der Waals surface area (Å²) in [6, 6.07) is 7.74. The fraction of sp³-hybridized carbons (Fsp3) is 0.400. The van der Waals surface area contributed by atoms with E-state index < -0.39 is 0 Å². The van der Waals surface area contributed by atoms with E-state index in [9.17, 15) is 4.79 Å². The SMILES string of the molecule is CC1CN(C(=O)Nc2cccc3[nH]ccc23)CC(C)O1. The van der Waals surface area contributed by atoms with Crippen molar-refractivity contribution in [2.24, 2.45) is 0 Å². The van der Waals surface area contributed by atoms with Gasteiger partial charge in [0.25, 0.3) is 0 Å². The summed E-state index contributed by atoms with van der Waals surface area (Å²) in [4.78, 5) is 17.3. The lowest BCUT2D eigenvalue weighted by Crippen LogP contribution is -2.49. The number of hydrogen-bond acceptors (Lipinski definition) is 2. The second-order valence-corrected chi connectivity index (χ2v) is 5.34. The molecule has 0 spiro atoms. The van der Waals surface area contributed by atoms with E-state index in [1.165, 1.54) is 0 Å². The average Bonchev–Trinajstić information content (AvgIpc) is 2.87. The van der Waals surface area contributed by atoms with Crippen LogP contribution in [0.2, 0.25) is 0 Å². The van der Waals surface area contributed by atoms with Crippen LogP contribution in [0.3, 0.4) is 0 Å². The number of carbonyl (C=O) groups excluding carboxylic acids is 1. The molecule has 5 heteroatoms. The molecule has 0 saturated carbocycles. The van der Waals surface area contributed by atoms with Crippen LogP contribution in [0.15, 0.2) is 30.5 Å². The van der Waals surface area contributed by atoms with Gasteiger partial charge in [0, 0.05) is 30.2 Å². The number of fused-ring (bicyclic) bond motifs is 1. The normalized spacial score (nSPS) is 23.0. The van der Waals surface area contributed by atoms with Crippen LogP contribution in [-0.4, -0.2) is 41.2 Å². The van der Waals surface area contributed by atoms with Crippen molar-refractivity contribution in [2.75, 3.05) is 18.4 Å². The van der Waals surface area contributed by atoms with E-state index in [0.29, 0.717) is 13.1 Å². The second-order valence-electron chi connectivity index (χ2n) is 5.34. The van der Waals surface area contributed by atoms with Crippen molar-refractivity contribution in [1.82, 2.24) is 9.88 Å². The van der Waals surface area contributed by atoms with Gasteiger partial charge >= 0.3 is 6.03 Å². The number of nitrogens with zero attached hydrogens (tertiary/aromatic N) is 1. The number of ether oxygens (including phenoxy) is 1. The van der Waals surface area contributed by atoms with E-state index in [-0.39, 0.29) is 18.2 Å². The summed E-state index contributed by atoms with van der Waals surface area (Å²) in [6.07, 6.45) is 2.03. The van der Waals surface area contributed by atoms with Crippen LogP contribution in [0, 0.1) is 0 Å². The summed E-state index contributed by atoms with van der Waals surface area (Å²) in [5.74, 6) is 0. The Morgan fingerprint density at radius 2 is 2.05 bits per heavy atom. The summed E-state index contributed by atoms with van der Waals surface area (Å²) >= 11 is 0. The van der Waals surface area contributed by atoms with Gasteiger partial charge in [-0.15, -0.1) is 0 Å². The van der Waals surface area contributed by atoms with E-state index in [2.05, 4.69) is 10.3 Å². The first-order valence-electron chi connectivity index (χ1n) is 6.91. The lowest BCUT2D eigenvalue weighted by Gasteiger charge is -2.35. The van der Waals surface area contributed by atoms with Gasteiger partial charge in [-0.2, -0.15) is 0 Å². The van der Waals surface area contributed by atoms with Crippen LogP contribution in [0.1, 0.15) is 13.8 Å². The second kappa shape index (κ2) is 5.17. The van der Waals surface area contributed by atoms with Crippen LogP contribution < -0.4 is 5.32 Å². The molecule has 0 aliphatic carbocycles. The molecule has 0 bridgehead atoms. The molecule has 106 valence electrons. The van der Waals surface area contributed by atoms with E-state index >= 15 is 0 Å². The number of rotatable bonds is 1. The van der Waals surface area contributed by atoms with Crippen molar-refractivity contribution in [2.45, 2.75) is 26.1 Å². The van der Waals surface area contributed by atoms with Crippen LogP contribution in [0.5, 0.6) is 0 Å². The molecular formula is C15H19N3O2. The number of carbonyl (C=O) groups is 1. The van der Waals surface area contributed by atoms with Crippen LogP contribution in [0.25, 0.3) is 10.9 Å². The van der Waals surface area contributed by atoms with Crippen molar-refractivity contribution in [1.29, 1.82) is 0 Å². The molecule has 1 aromatic carbocycles. The average molecular weight is 273 g/mol. The molecule has 2 atom stereocenters. The predicted octanol–water partition coefficient (Wildman–Crippen LogP) is 2.81. The van der Waals surface area contributed by atoms with Gasteiger partial charge in [-0.05, 0) is 32.0 Å². The summed E-state index contributed by atoms with van der Waals surface area (Å²) < 4.78 is 5.65. The maximum Gasteiger partial charge on any atom is 0.322 e. The molecule has 5 nitrogen and oxygen atoms in total. The minimum atomic E-state index is -0.0688. The largest absolute Gasteiger partial charge is 0.372 e. The van der Waals surface area contributed by atoms with Crippen molar-refractivity contribution < 1.29 is 9.53 Å². The Morgan fingerprint density at radius 3 is 2.80 bits per heavy atom. The zero-order valence-electron chi connectivity index (χ0n) is 11.7. The zero-order chi connectivity index (χ0) is 14.1. The number of nitrogens with one attached hydrogen (secondary N) is 2. The molecule has 2 aromatic rings. The van der Waals surface area contributed by atoms with Crippen molar-refractivity contribution in [3.8, 4) is 0 Å². The molecule has 20 heavy (non-hydrogen) atoms. The Hall–Kier alpha value is -2.01. The van der Waals surface area contributed by atoms with Gasteiger partial charge in [-0.1, -0.05) is 6.07 Å². The van der Waals surface area contributed by atoms with E-state index in [0.717, 1.165) is 16.6 Å². The van der Waals surface area contributed by atoms with Gasteiger partial charge in [-0.3, -0.25) is 0 Å². The highest BCUT2D eigenvalue weighted by molar-refractivity contribution is 6.00. The summed E-state index contributed by atoms with van der Waals surface area (Å²) in [6.45, 7) is 5.23. The third kappa shape index (κ3) is 2.49. The monoisotopic (exact) mass is 273 g/mol. The Balaban J connectivity index is 1.77. The Labute approximate surface area is 117 Å². The molecule has 2 heterocycles. The molecular weight excluding hydrogens is 254 g/mol. The molecule has 1 aromatic heterocycles. The highest BCUT2D eigenvalue weighted by Crippen LogP contribution is 2.23. The first kappa shape index (κ1) is 13.0. The number of amides is 2. The molecule has 1 saturated heterocycles. The number of aromatic nitrogens is 1. The number of morpholine rings is 1. The van der Waals surface area contributed by atoms with Gasteiger partial charge in [0.1, 0.15) is 0 Å². The number of aromatic amines is 1. The maximum atomic E-state index is 12.4. The Bertz CT molecular complexity index is 612. The van der Waals surface area contributed by atoms with Gasteiger partial charge in [0.2, 0.25) is 0 Å². The third-order valence-corrected chi connectivity index (χ3v) is 3.54. The third-order valence-electron chi connectivity index (χ3n) is 3.54. The van der Waals surface area contributed by atoms with Crippen molar-refractivity contribution in [3.05, 3.63) is 30.5 Å². The number of H-pyrrole nitrogens is 1. The fourth-order valence-corrected chi connectivity index (χ4v) is 2.73. The lowest BCUT2D eigenvalue weighted by atomic mass is 10.2. The topological polar surface area (TPSA) is 57.4 Å².